The fraction of sp³-hybridized carbons (Fsp3) is 0.294. The van der Waals surface area contributed by atoms with Gasteiger partial charge in [-0.25, -0.2) is 0 Å². The molecule has 6 heteroatoms. The third-order valence-electron chi connectivity index (χ3n) is 3.82. The highest BCUT2D eigenvalue weighted by atomic mass is 16.5. The Morgan fingerprint density at radius 3 is 2.78 bits per heavy atom. The van der Waals surface area contributed by atoms with Crippen LogP contribution >= 0.6 is 0 Å². The molecular formula is C17H18N2O4. The summed E-state index contributed by atoms with van der Waals surface area (Å²) in [6.07, 6.45) is -0.742. The van der Waals surface area contributed by atoms with E-state index in [0.29, 0.717) is 18.9 Å². The monoisotopic (exact) mass is 314 g/mol. The van der Waals surface area contributed by atoms with Gasteiger partial charge in [-0.3, -0.25) is 9.59 Å². The Bertz CT molecular complexity index is 731. The van der Waals surface area contributed by atoms with Crippen molar-refractivity contribution in [1.29, 1.82) is 0 Å². The van der Waals surface area contributed by atoms with Gasteiger partial charge in [0.15, 0.2) is 12.7 Å². The van der Waals surface area contributed by atoms with Crippen molar-refractivity contribution in [2.45, 2.75) is 6.10 Å². The first-order valence-corrected chi connectivity index (χ1v) is 7.44. The highest BCUT2D eigenvalue weighted by Gasteiger charge is 2.27. The zero-order valence-electron chi connectivity index (χ0n) is 12.6. The molecule has 120 valence electrons. The van der Waals surface area contributed by atoms with Crippen LogP contribution in [0.25, 0.3) is 10.8 Å². The largest absolute Gasteiger partial charge is 0.484 e. The number of primary amides is 1. The molecule has 1 atom stereocenters. The number of benzene rings is 2. The SMILES string of the molecule is NC(=O)C1CN(C(=O)COc2ccc3ccccc3c2)CCO1. The first-order valence-electron chi connectivity index (χ1n) is 7.44. The number of carbonyl (C=O) groups is 2. The summed E-state index contributed by atoms with van der Waals surface area (Å²) in [5.41, 5.74) is 5.21. The van der Waals surface area contributed by atoms with Crippen LogP contribution in [0.15, 0.2) is 42.5 Å². The molecule has 0 spiro atoms. The minimum absolute atomic E-state index is 0.0795. The molecule has 0 radical (unpaired) electrons. The Morgan fingerprint density at radius 2 is 2.00 bits per heavy atom. The van der Waals surface area contributed by atoms with Crippen LogP contribution in [-0.2, 0) is 14.3 Å². The lowest BCUT2D eigenvalue weighted by molar-refractivity contribution is -0.146. The molecule has 2 amide bonds. The standard InChI is InChI=1S/C17H18N2O4/c18-17(21)15-10-19(7-8-22-15)16(20)11-23-14-6-5-12-3-1-2-4-13(12)9-14/h1-6,9,15H,7-8,10-11H2,(H2,18,21). The number of nitrogens with zero attached hydrogens (tertiary/aromatic N) is 1. The molecule has 1 fully saturated rings. The van der Waals surface area contributed by atoms with Gasteiger partial charge in [-0.05, 0) is 22.9 Å². The van der Waals surface area contributed by atoms with Crippen LogP contribution in [0.3, 0.4) is 0 Å². The summed E-state index contributed by atoms with van der Waals surface area (Å²) >= 11 is 0. The van der Waals surface area contributed by atoms with Crippen molar-refractivity contribution in [2.24, 2.45) is 5.73 Å². The predicted octanol–water partition coefficient (Wildman–Crippen LogP) is 0.931. The molecule has 3 rings (SSSR count). The lowest BCUT2D eigenvalue weighted by Crippen LogP contribution is -2.51. The van der Waals surface area contributed by atoms with Crippen LogP contribution in [0.2, 0.25) is 0 Å². The Labute approximate surface area is 133 Å². The molecule has 0 aliphatic carbocycles. The van der Waals surface area contributed by atoms with Gasteiger partial charge in [-0.1, -0.05) is 30.3 Å². The molecule has 2 N–H and O–H groups in total. The average Bonchev–Trinajstić information content (AvgIpc) is 2.59. The lowest BCUT2D eigenvalue weighted by atomic mass is 10.1. The number of rotatable bonds is 4. The van der Waals surface area contributed by atoms with Crippen LogP contribution < -0.4 is 10.5 Å². The summed E-state index contributed by atoms with van der Waals surface area (Å²) in [6.45, 7) is 0.831. The molecule has 2 aromatic rings. The molecule has 6 nitrogen and oxygen atoms in total. The van der Waals surface area contributed by atoms with Crippen molar-refractivity contribution in [3.63, 3.8) is 0 Å². The number of fused-ring (bicyclic) bond motifs is 1. The van der Waals surface area contributed by atoms with E-state index in [4.69, 9.17) is 15.2 Å². The first-order chi connectivity index (χ1) is 11.1. The van der Waals surface area contributed by atoms with Crippen LogP contribution in [-0.4, -0.2) is 49.1 Å². The normalized spacial score (nSPS) is 17.9. The van der Waals surface area contributed by atoms with Crippen molar-refractivity contribution in [3.05, 3.63) is 42.5 Å². The van der Waals surface area contributed by atoms with Crippen molar-refractivity contribution >= 4 is 22.6 Å². The second-order valence-corrected chi connectivity index (χ2v) is 5.40. The zero-order valence-corrected chi connectivity index (χ0v) is 12.6. The maximum Gasteiger partial charge on any atom is 0.260 e. The van der Waals surface area contributed by atoms with Crippen molar-refractivity contribution in [1.82, 2.24) is 4.90 Å². The number of hydrogen-bond acceptors (Lipinski definition) is 4. The van der Waals surface area contributed by atoms with Gasteiger partial charge in [-0.2, -0.15) is 0 Å². The quantitative estimate of drug-likeness (QED) is 0.910. The Kier molecular flexibility index (Phi) is 4.43. The number of hydrogen-bond donors (Lipinski definition) is 1. The van der Waals surface area contributed by atoms with Gasteiger partial charge in [0, 0.05) is 6.54 Å². The van der Waals surface area contributed by atoms with Gasteiger partial charge in [0.05, 0.1) is 13.2 Å². The Balaban J connectivity index is 1.60. The fourth-order valence-corrected chi connectivity index (χ4v) is 2.54. The summed E-state index contributed by atoms with van der Waals surface area (Å²) in [6, 6.07) is 13.6. The maximum absolute atomic E-state index is 12.2. The van der Waals surface area contributed by atoms with Crippen LogP contribution in [0.4, 0.5) is 0 Å². The summed E-state index contributed by atoms with van der Waals surface area (Å²) in [7, 11) is 0. The number of amides is 2. The third kappa shape index (κ3) is 3.60. The highest BCUT2D eigenvalue weighted by Crippen LogP contribution is 2.20. The van der Waals surface area contributed by atoms with Crippen molar-refractivity contribution < 1.29 is 19.1 Å². The van der Waals surface area contributed by atoms with E-state index in [2.05, 4.69) is 0 Å². The number of carbonyl (C=O) groups excluding carboxylic acids is 2. The molecule has 1 saturated heterocycles. The van der Waals surface area contributed by atoms with Gasteiger partial charge in [0.2, 0.25) is 5.91 Å². The van der Waals surface area contributed by atoms with Gasteiger partial charge >= 0.3 is 0 Å². The Morgan fingerprint density at radius 1 is 1.22 bits per heavy atom. The number of nitrogens with two attached hydrogens (primary N) is 1. The molecule has 2 aromatic carbocycles. The van der Waals surface area contributed by atoms with E-state index in [1.165, 1.54) is 0 Å². The van der Waals surface area contributed by atoms with Crippen molar-refractivity contribution in [3.8, 4) is 5.75 Å². The van der Waals surface area contributed by atoms with E-state index in [9.17, 15) is 9.59 Å². The first kappa shape index (κ1) is 15.3. The summed E-state index contributed by atoms with van der Waals surface area (Å²) in [5.74, 6) is -0.109. The molecular weight excluding hydrogens is 296 g/mol. The highest BCUT2D eigenvalue weighted by molar-refractivity contribution is 5.84. The Hall–Kier alpha value is -2.60. The lowest BCUT2D eigenvalue weighted by Gasteiger charge is -2.31. The molecule has 0 aromatic heterocycles. The van der Waals surface area contributed by atoms with Crippen LogP contribution in [0, 0.1) is 0 Å². The summed E-state index contributed by atoms with van der Waals surface area (Å²) in [5, 5.41) is 2.17. The summed E-state index contributed by atoms with van der Waals surface area (Å²) in [4.78, 5) is 24.9. The van der Waals surface area contributed by atoms with Crippen LogP contribution in [0.1, 0.15) is 0 Å². The van der Waals surface area contributed by atoms with E-state index in [1.54, 1.807) is 4.90 Å². The number of ether oxygens (including phenoxy) is 2. The molecule has 0 bridgehead atoms. The van der Waals surface area contributed by atoms with Gasteiger partial charge in [0.25, 0.3) is 5.91 Å². The second kappa shape index (κ2) is 6.66. The van der Waals surface area contributed by atoms with E-state index in [0.717, 1.165) is 10.8 Å². The number of morpholine rings is 1. The van der Waals surface area contributed by atoms with E-state index in [-0.39, 0.29) is 19.1 Å². The van der Waals surface area contributed by atoms with Crippen molar-refractivity contribution in [2.75, 3.05) is 26.3 Å². The smallest absolute Gasteiger partial charge is 0.260 e. The fourth-order valence-electron chi connectivity index (χ4n) is 2.54. The zero-order chi connectivity index (χ0) is 16.2. The van der Waals surface area contributed by atoms with Gasteiger partial charge in [-0.15, -0.1) is 0 Å². The van der Waals surface area contributed by atoms with Crippen LogP contribution in [0.5, 0.6) is 5.75 Å². The predicted molar refractivity (Wildman–Crippen MR) is 85.0 cm³/mol. The minimum atomic E-state index is -0.742. The third-order valence-corrected chi connectivity index (χ3v) is 3.82. The van der Waals surface area contributed by atoms with E-state index >= 15 is 0 Å². The molecule has 23 heavy (non-hydrogen) atoms. The van der Waals surface area contributed by atoms with Gasteiger partial charge in [0.1, 0.15) is 5.75 Å². The molecule has 1 unspecified atom stereocenters. The molecule has 1 heterocycles. The second-order valence-electron chi connectivity index (χ2n) is 5.40. The topological polar surface area (TPSA) is 81.9 Å². The molecule has 1 aliphatic rings. The molecule has 0 saturated carbocycles. The van der Waals surface area contributed by atoms with E-state index in [1.807, 2.05) is 42.5 Å². The molecule has 1 aliphatic heterocycles. The average molecular weight is 314 g/mol. The van der Waals surface area contributed by atoms with Gasteiger partial charge < -0.3 is 20.1 Å². The van der Waals surface area contributed by atoms with E-state index < -0.39 is 12.0 Å². The minimum Gasteiger partial charge on any atom is -0.484 e. The summed E-state index contributed by atoms with van der Waals surface area (Å²) < 4.78 is 10.8. The maximum atomic E-state index is 12.2.